The standard InChI is InChI=1S/C14H16BrNO/c1-4-7-16-9-14(2,3)12-8-10(15)5-6-11(12)13(16)17/h4-6,8H,1,7,9H2,2-3H3. The van der Waals surface area contributed by atoms with Crippen LogP contribution in [0.2, 0.25) is 0 Å². The van der Waals surface area contributed by atoms with Crippen LogP contribution in [0.5, 0.6) is 0 Å². The van der Waals surface area contributed by atoms with Gasteiger partial charge in [0.1, 0.15) is 0 Å². The summed E-state index contributed by atoms with van der Waals surface area (Å²) in [5.41, 5.74) is 1.92. The van der Waals surface area contributed by atoms with Gasteiger partial charge in [0.15, 0.2) is 0 Å². The van der Waals surface area contributed by atoms with Crippen LogP contribution in [-0.2, 0) is 5.41 Å². The summed E-state index contributed by atoms with van der Waals surface area (Å²) in [4.78, 5) is 14.1. The van der Waals surface area contributed by atoms with Crippen molar-refractivity contribution in [2.75, 3.05) is 13.1 Å². The van der Waals surface area contributed by atoms with Crippen LogP contribution in [0.25, 0.3) is 0 Å². The highest BCUT2D eigenvalue weighted by atomic mass is 79.9. The monoisotopic (exact) mass is 293 g/mol. The lowest BCUT2D eigenvalue weighted by molar-refractivity contribution is 0.0711. The van der Waals surface area contributed by atoms with Crippen LogP contribution in [0.4, 0.5) is 0 Å². The molecule has 0 aliphatic carbocycles. The van der Waals surface area contributed by atoms with Gasteiger partial charge in [-0.25, -0.2) is 0 Å². The van der Waals surface area contributed by atoms with Gasteiger partial charge in [0.2, 0.25) is 0 Å². The Balaban J connectivity index is 2.52. The molecular weight excluding hydrogens is 278 g/mol. The Hall–Kier alpha value is -1.09. The second-order valence-electron chi connectivity index (χ2n) is 5.05. The Morgan fingerprint density at radius 2 is 2.24 bits per heavy atom. The van der Waals surface area contributed by atoms with E-state index in [1.807, 2.05) is 17.0 Å². The van der Waals surface area contributed by atoms with Gasteiger partial charge in [-0.05, 0) is 23.8 Å². The molecule has 0 saturated carbocycles. The first-order chi connectivity index (χ1) is 7.95. The molecule has 1 aromatic carbocycles. The molecule has 1 amide bonds. The average molecular weight is 294 g/mol. The van der Waals surface area contributed by atoms with Gasteiger partial charge in [-0.15, -0.1) is 6.58 Å². The van der Waals surface area contributed by atoms with E-state index < -0.39 is 0 Å². The average Bonchev–Trinajstić information content (AvgIpc) is 2.26. The highest BCUT2D eigenvalue weighted by molar-refractivity contribution is 9.10. The molecule has 0 spiro atoms. The third-order valence-electron chi connectivity index (χ3n) is 3.16. The Kier molecular flexibility index (Phi) is 3.13. The molecule has 2 nitrogen and oxygen atoms in total. The minimum absolute atomic E-state index is 0.0178. The van der Waals surface area contributed by atoms with E-state index in [9.17, 15) is 4.79 Å². The van der Waals surface area contributed by atoms with E-state index in [1.54, 1.807) is 6.08 Å². The first-order valence-corrected chi connectivity index (χ1v) is 6.45. The Morgan fingerprint density at radius 3 is 2.88 bits per heavy atom. The Bertz CT molecular complexity index is 479. The maximum Gasteiger partial charge on any atom is 0.254 e. The van der Waals surface area contributed by atoms with Gasteiger partial charge in [0.25, 0.3) is 5.91 Å². The van der Waals surface area contributed by atoms with E-state index in [0.29, 0.717) is 6.54 Å². The summed E-state index contributed by atoms with van der Waals surface area (Å²) < 4.78 is 1.02. The van der Waals surface area contributed by atoms with E-state index in [0.717, 1.165) is 22.1 Å². The van der Waals surface area contributed by atoms with E-state index in [1.165, 1.54) is 0 Å². The van der Waals surface area contributed by atoms with Gasteiger partial charge in [-0.3, -0.25) is 4.79 Å². The fourth-order valence-corrected chi connectivity index (χ4v) is 2.73. The SMILES string of the molecule is C=CCN1CC(C)(C)c2cc(Br)ccc2C1=O. The lowest BCUT2D eigenvalue weighted by Gasteiger charge is -2.39. The maximum absolute atomic E-state index is 12.3. The van der Waals surface area contributed by atoms with Crippen molar-refractivity contribution in [3.63, 3.8) is 0 Å². The first kappa shape index (κ1) is 12.4. The van der Waals surface area contributed by atoms with Crippen molar-refractivity contribution in [1.29, 1.82) is 0 Å². The Morgan fingerprint density at radius 1 is 1.53 bits per heavy atom. The fourth-order valence-electron chi connectivity index (χ4n) is 2.37. The van der Waals surface area contributed by atoms with E-state index >= 15 is 0 Å². The van der Waals surface area contributed by atoms with Gasteiger partial charge in [0, 0.05) is 28.5 Å². The van der Waals surface area contributed by atoms with Crippen LogP contribution in [0.3, 0.4) is 0 Å². The van der Waals surface area contributed by atoms with Gasteiger partial charge in [-0.1, -0.05) is 35.9 Å². The number of rotatable bonds is 2. The number of benzene rings is 1. The molecule has 0 radical (unpaired) electrons. The van der Waals surface area contributed by atoms with E-state index in [2.05, 4.69) is 42.4 Å². The van der Waals surface area contributed by atoms with Crippen LogP contribution in [0, 0.1) is 0 Å². The van der Waals surface area contributed by atoms with Gasteiger partial charge >= 0.3 is 0 Å². The van der Waals surface area contributed by atoms with Gasteiger partial charge in [-0.2, -0.15) is 0 Å². The zero-order chi connectivity index (χ0) is 12.6. The molecule has 1 aliphatic rings. The summed E-state index contributed by atoms with van der Waals surface area (Å²) in [7, 11) is 0. The molecule has 0 unspecified atom stereocenters. The number of amides is 1. The van der Waals surface area contributed by atoms with Crippen molar-refractivity contribution in [2.45, 2.75) is 19.3 Å². The van der Waals surface area contributed by atoms with Crippen molar-refractivity contribution < 1.29 is 4.79 Å². The maximum atomic E-state index is 12.3. The third kappa shape index (κ3) is 2.16. The van der Waals surface area contributed by atoms with Crippen molar-refractivity contribution in [3.05, 3.63) is 46.5 Å². The van der Waals surface area contributed by atoms with Crippen LogP contribution < -0.4 is 0 Å². The molecule has 3 heteroatoms. The van der Waals surface area contributed by atoms with Crippen LogP contribution >= 0.6 is 15.9 Å². The topological polar surface area (TPSA) is 20.3 Å². The minimum Gasteiger partial charge on any atom is -0.334 e. The number of nitrogens with zero attached hydrogens (tertiary/aromatic N) is 1. The molecule has 0 atom stereocenters. The second kappa shape index (κ2) is 4.30. The highest BCUT2D eigenvalue weighted by Gasteiger charge is 2.35. The molecule has 0 N–H and O–H groups in total. The first-order valence-electron chi connectivity index (χ1n) is 5.66. The lowest BCUT2D eigenvalue weighted by atomic mass is 9.78. The summed E-state index contributed by atoms with van der Waals surface area (Å²) >= 11 is 3.47. The largest absolute Gasteiger partial charge is 0.334 e. The molecule has 0 fully saturated rings. The molecule has 0 bridgehead atoms. The predicted molar refractivity (Wildman–Crippen MR) is 73.3 cm³/mol. The molecule has 0 saturated heterocycles. The summed E-state index contributed by atoms with van der Waals surface area (Å²) in [6.45, 7) is 9.39. The van der Waals surface area contributed by atoms with Crippen LogP contribution in [0.15, 0.2) is 35.3 Å². The predicted octanol–water partition coefficient (Wildman–Crippen LogP) is 3.37. The zero-order valence-electron chi connectivity index (χ0n) is 10.2. The number of carbonyl (C=O) groups is 1. The molecule has 0 aromatic heterocycles. The molecule has 2 rings (SSSR count). The Labute approximate surface area is 110 Å². The second-order valence-corrected chi connectivity index (χ2v) is 5.96. The summed E-state index contributed by atoms with van der Waals surface area (Å²) in [6.07, 6.45) is 1.78. The number of halogens is 1. The van der Waals surface area contributed by atoms with Crippen molar-refractivity contribution in [1.82, 2.24) is 4.90 Å². The van der Waals surface area contributed by atoms with Crippen molar-refractivity contribution in [2.24, 2.45) is 0 Å². The summed E-state index contributed by atoms with van der Waals surface area (Å²) in [5, 5.41) is 0. The lowest BCUT2D eigenvalue weighted by Crippen LogP contribution is -2.46. The normalized spacial score (nSPS) is 17.8. The molecule has 1 aromatic rings. The molecule has 17 heavy (non-hydrogen) atoms. The summed E-state index contributed by atoms with van der Waals surface area (Å²) in [5.74, 6) is 0.103. The molecular formula is C14H16BrNO. The third-order valence-corrected chi connectivity index (χ3v) is 3.66. The molecule has 1 aliphatic heterocycles. The van der Waals surface area contributed by atoms with E-state index in [-0.39, 0.29) is 11.3 Å². The highest BCUT2D eigenvalue weighted by Crippen LogP contribution is 2.34. The van der Waals surface area contributed by atoms with Crippen LogP contribution in [0.1, 0.15) is 29.8 Å². The summed E-state index contributed by atoms with van der Waals surface area (Å²) in [6, 6.07) is 5.88. The zero-order valence-corrected chi connectivity index (χ0v) is 11.8. The smallest absolute Gasteiger partial charge is 0.254 e. The molecule has 90 valence electrons. The minimum atomic E-state index is -0.0178. The quantitative estimate of drug-likeness (QED) is 0.766. The van der Waals surface area contributed by atoms with E-state index in [4.69, 9.17) is 0 Å². The number of carbonyl (C=O) groups excluding carboxylic acids is 1. The molecule has 1 heterocycles. The van der Waals surface area contributed by atoms with Gasteiger partial charge in [0.05, 0.1) is 0 Å². The van der Waals surface area contributed by atoms with Crippen LogP contribution in [-0.4, -0.2) is 23.9 Å². The number of fused-ring (bicyclic) bond motifs is 1. The van der Waals surface area contributed by atoms with Crippen molar-refractivity contribution >= 4 is 21.8 Å². The fraction of sp³-hybridized carbons (Fsp3) is 0.357. The number of hydrogen-bond donors (Lipinski definition) is 0. The number of hydrogen-bond acceptors (Lipinski definition) is 1. The van der Waals surface area contributed by atoms with Crippen molar-refractivity contribution in [3.8, 4) is 0 Å². The van der Waals surface area contributed by atoms with Gasteiger partial charge < -0.3 is 4.90 Å².